The molecule has 0 radical (unpaired) electrons. The van der Waals surface area contributed by atoms with Gasteiger partial charge in [-0.05, 0) is 49.0 Å². The fourth-order valence-corrected chi connectivity index (χ4v) is 4.37. The van der Waals surface area contributed by atoms with Gasteiger partial charge >= 0.3 is 45.5 Å². The van der Waals surface area contributed by atoms with Crippen molar-refractivity contribution in [2.45, 2.75) is 27.7 Å². The summed E-state index contributed by atoms with van der Waals surface area (Å²) >= 11 is 0. The quantitative estimate of drug-likeness (QED) is 0.146. The van der Waals surface area contributed by atoms with Crippen LogP contribution in [0.4, 0.5) is 0 Å². The first-order valence-electron chi connectivity index (χ1n) is 13.9. The van der Waals surface area contributed by atoms with Gasteiger partial charge in [-0.1, -0.05) is 74.0 Å². The van der Waals surface area contributed by atoms with Crippen LogP contribution < -0.4 is 0 Å². The summed E-state index contributed by atoms with van der Waals surface area (Å²) in [4.78, 5) is 10.8. The molecule has 4 heteroatoms. The second kappa shape index (κ2) is 18.4. The predicted molar refractivity (Wildman–Crippen MR) is 184 cm³/mol. The summed E-state index contributed by atoms with van der Waals surface area (Å²) in [6.07, 6.45) is 10.1. The van der Waals surface area contributed by atoms with Crippen molar-refractivity contribution in [3.63, 3.8) is 0 Å². The Bertz CT molecular complexity index is 1490. The van der Waals surface area contributed by atoms with Gasteiger partial charge in [0.05, 0.1) is 0 Å². The number of aromatic nitrogens is 2. The Morgan fingerprint density at radius 1 is 0.674 bits per heavy atom. The summed E-state index contributed by atoms with van der Waals surface area (Å²) in [7, 11) is 2.13. The number of pyridine rings is 2. The molecule has 0 unspecified atom stereocenters. The normalized spacial score (nSPS) is 11.4. The van der Waals surface area contributed by atoms with Crippen molar-refractivity contribution in [1.29, 1.82) is 0 Å². The molecule has 0 atom stereocenters. The summed E-state index contributed by atoms with van der Waals surface area (Å²) in [5.74, 6) is 0. The molecular formula is C39H40N3Sr-. The number of hydrogen-bond donors (Lipinski definition) is 0. The summed E-state index contributed by atoms with van der Waals surface area (Å²) in [5, 5.41) is 0. The van der Waals surface area contributed by atoms with E-state index in [0.717, 1.165) is 29.1 Å². The molecular weight excluding hydrogens is 598 g/mol. The molecule has 0 N–H and O–H groups in total. The predicted octanol–water partition coefficient (Wildman–Crippen LogP) is 8.93. The minimum absolute atomic E-state index is 0. The van der Waals surface area contributed by atoms with Crippen LogP contribution in [-0.4, -0.2) is 73.9 Å². The van der Waals surface area contributed by atoms with Crippen LogP contribution in [0.25, 0.3) is 28.2 Å². The second-order valence-electron chi connectivity index (χ2n) is 10.2. The van der Waals surface area contributed by atoms with Crippen molar-refractivity contribution < 1.29 is 0 Å². The summed E-state index contributed by atoms with van der Waals surface area (Å²) in [6.45, 7) is 9.42. The maximum absolute atomic E-state index is 4.25. The van der Waals surface area contributed by atoms with Gasteiger partial charge in [-0.3, -0.25) is 0 Å². The molecule has 3 heterocycles. The first kappa shape index (κ1) is 35.9. The van der Waals surface area contributed by atoms with E-state index in [9.17, 15) is 0 Å². The molecule has 3 aromatic carbocycles. The molecule has 1 aliphatic rings. The van der Waals surface area contributed by atoms with Gasteiger partial charge in [0.1, 0.15) is 0 Å². The van der Waals surface area contributed by atoms with Crippen LogP contribution >= 0.6 is 0 Å². The number of hydrogen-bond acceptors (Lipinski definition) is 3. The van der Waals surface area contributed by atoms with Gasteiger partial charge < -0.3 is 22.3 Å². The Morgan fingerprint density at radius 3 is 1.63 bits per heavy atom. The second-order valence-corrected chi connectivity index (χ2v) is 10.2. The molecule has 0 aliphatic carbocycles. The van der Waals surface area contributed by atoms with Crippen LogP contribution in [0, 0.1) is 47.3 Å². The van der Waals surface area contributed by atoms with Crippen molar-refractivity contribution >= 4 is 51.2 Å². The Morgan fingerprint density at radius 2 is 1.21 bits per heavy atom. The van der Waals surface area contributed by atoms with E-state index in [2.05, 4.69) is 110 Å². The standard InChI is InChI=1S/C14H17N.2C12H10N.CH3.Sr/c1-11-7-8-13(12(2)10-11)14-6-4-5-9-15(14)3;2*1-10-5-7-11(8-6-10)12-4-2-3-9-13-12;;/h4-8,10H,9H2,1-3H3;2*2-7,9H,1H3;1H3;/q;3*-1;+2. The minimum atomic E-state index is 0. The number of aryl methyl sites for hydroxylation is 4. The van der Waals surface area contributed by atoms with E-state index in [0.29, 0.717) is 0 Å². The van der Waals surface area contributed by atoms with Crippen LogP contribution in [0.1, 0.15) is 27.8 Å². The molecule has 6 rings (SSSR count). The van der Waals surface area contributed by atoms with Gasteiger partial charge in [0.2, 0.25) is 0 Å². The van der Waals surface area contributed by atoms with Crippen molar-refractivity contribution in [3.05, 3.63) is 169 Å². The summed E-state index contributed by atoms with van der Waals surface area (Å²) in [5.41, 5.74) is 11.8. The third-order valence-corrected chi connectivity index (χ3v) is 6.66. The molecule has 0 spiro atoms. The average Bonchev–Trinajstić information content (AvgIpc) is 3.00. The minimum Gasteiger partial charge on any atom is -0.370 e. The molecule has 5 aromatic rings. The van der Waals surface area contributed by atoms with Gasteiger partial charge in [-0.2, -0.15) is 0 Å². The average molecular weight is 638 g/mol. The van der Waals surface area contributed by atoms with E-state index >= 15 is 0 Å². The maximum Gasteiger partial charge on any atom is 2.00 e. The van der Waals surface area contributed by atoms with E-state index in [-0.39, 0.29) is 52.9 Å². The summed E-state index contributed by atoms with van der Waals surface area (Å²) < 4.78 is 0. The van der Waals surface area contributed by atoms with Gasteiger partial charge in [0.15, 0.2) is 0 Å². The van der Waals surface area contributed by atoms with Crippen LogP contribution in [0.2, 0.25) is 0 Å². The van der Waals surface area contributed by atoms with Gasteiger partial charge in [0.25, 0.3) is 0 Å². The maximum atomic E-state index is 4.25. The molecule has 1 aliphatic heterocycles. The molecule has 214 valence electrons. The first-order chi connectivity index (χ1) is 19.9. The first-order valence-corrected chi connectivity index (χ1v) is 13.9. The fourth-order valence-electron chi connectivity index (χ4n) is 4.37. The summed E-state index contributed by atoms with van der Waals surface area (Å²) in [6, 6.07) is 36.9. The van der Waals surface area contributed by atoms with Crippen molar-refractivity contribution in [2.24, 2.45) is 0 Å². The number of allylic oxidation sites excluding steroid dienone is 2. The third kappa shape index (κ3) is 11.1. The fraction of sp³-hybridized carbons (Fsp3) is 0.154. The molecule has 0 bridgehead atoms. The number of benzene rings is 3. The number of nitrogens with zero attached hydrogens (tertiary/aromatic N) is 3. The molecule has 0 saturated heterocycles. The zero-order valence-corrected chi connectivity index (χ0v) is 29.8. The van der Waals surface area contributed by atoms with E-state index in [4.69, 9.17) is 0 Å². The zero-order chi connectivity index (χ0) is 29.0. The molecule has 43 heavy (non-hydrogen) atoms. The Labute approximate surface area is 296 Å². The third-order valence-electron chi connectivity index (χ3n) is 6.66. The van der Waals surface area contributed by atoms with Crippen molar-refractivity contribution in [2.75, 3.05) is 13.6 Å². The zero-order valence-electron chi connectivity index (χ0n) is 26.3. The molecule has 0 saturated carbocycles. The topological polar surface area (TPSA) is 29.0 Å². The smallest absolute Gasteiger partial charge is 0.370 e. The largest absolute Gasteiger partial charge is 2.00 e. The van der Waals surface area contributed by atoms with Gasteiger partial charge in [0, 0.05) is 37.2 Å². The van der Waals surface area contributed by atoms with Crippen molar-refractivity contribution in [1.82, 2.24) is 14.9 Å². The van der Waals surface area contributed by atoms with Crippen molar-refractivity contribution in [3.8, 4) is 22.5 Å². The van der Waals surface area contributed by atoms with E-state index in [1.54, 1.807) is 12.4 Å². The van der Waals surface area contributed by atoms with Crippen LogP contribution in [0.15, 0.2) is 122 Å². The Balaban J connectivity index is 0.000000221. The Kier molecular flexibility index (Phi) is 15.4. The van der Waals surface area contributed by atoms with E-state index in [1.807, 2.05) is 60.7 Å². The van der Waals surface area contributed by atoms with E-state index in [1.165, 1.54) is 33.5 Å². The SMILES string of the molecule is Cc1c[c-]c(-c2ccccn2)cc1.Cc1c[c-]c(-c2ccccn2)cc1.Cc1ccc(C2=CC=CCN2C)c(C)c1.[CH3-].[Sr+2]. The monoisotopic (exact) mass is 638 g/mol. The number of rotatable bonds is 3. The van der Waals surface area contributed by atoms with E-state index < -0.39 is 0 Å². The van der Waals surface area contributed by atoms with Gasteiger partial charge in [-0.25, -0.2) is 0 Å². The van der Waals surface area contributed by atoms with Crippen LogP contribution in [0.5, 0.6) is 0 Å². The number of likely N-dealkylation sites (N-methyl/N-ethyl adjacent to an activating group) is 1. The van der Waals surface area contributed by atoms with Gasteiger partial charge in [-0.15, -0.1) is 70.8 Å². The molecule has 0 amide bonds. The van der Waals surface area contributed by atoms with Crippen LogP contribution in [-0.2, 0) is 0 Å². The Hall–Kier alpha value is -3.28. The van der Waals surface area contributed by atoms with Crippen LogP contribution in [0.3, 0.4) is 0 Å². The molecule has 3 nitrogen and oxygen atoms in total. The molecule has 2 aromatic heterocycles. The molecule has 0 fully saturated rings.